The van der Waals surface area contributed by atoms with Crippen LogP contribution in [0.3, 0.4) is 0 Å². The van der Waals surface area contributed by atoms with E-state index in [0.29, 0.717) is 12.6 Å². The first-order valence-corrected chi connectivity index (χ1v) is 6.22. The van der Waals surface area contributed by atoms with Gasteiger partial charge in [0.15, 0.2) is 0 Å². The Bertz CT molecular complexity index is 290. The van der Waals surface area contributed by atoms with Crippen molar-refractivity contribution in [1.82, 2.24) is 5.32 Å². The molecule has 0 saturated carbocycles. The highest BCUT2D eigenvalue weighted by molar-refractivity contribution is 5.19. The Balaban J connectivity index is 2.65. The molecule has 2 N–H and O–H groups in total. The van der Waals surface area contributed by atoms with Crippen LogP contribution in [0, 0.1) is 0 Å². The lowest BCUT2D eigenvalue weighted by atomic mass is 10.0. The van der Waals surface area contributed by atoms with Gasteiger partial charge in [0, 0.05) is 25.8 Å². The van der Waals surface area contributed by atoms with Crippen LogP contribution in [0.15, 0.2) is 30.3 Å². The predicted octanol–water partition coefficient (Wildman–Crippen LogP) is 2.12. The molecule has 2 atom stereocenters. The monoisotopic (exact) mass is 237 g/mol. The van der Waals surface area contributed by atoms with Crippen molar-refractivity contribution < 1.29 is 9.84 Å². The molecule has 0 spiro atoms. The second kappa shape index (κ2) is 8.23. The van der Waals surface area contributed by atoms with E-state index in [1.165, 1.54) is 5.56 Å². The summed E-state index contributed by atoms with van der Waals surface area (Å²) in [6.45, 7) is 3.03. The van der Waals surface area contributed by atoms with Gasteiger partial charge >= 0.3 is 0 Å². The van der Waals surface area contributed by atoms with E-state index < -0.39 is 0 Å². The van der Waals surface area contributed by atoms with Gasteiger partial charge in [-0.15, -0.1) is 0 Å². The minimum atomic E-state index is 0.190. The Hall–Kier alpha value is -0.900. The van der Waals surface area contributed by atoms with Gasteiger partial charge in [0.1, 0.15) is 0 Å². The third kappa shape index (κ3) is 4.86. The largest absolute Gasteiger partial charge is 0.396 e. The zero-order valence-electron chi connectivity index (χ0n) is 10.7. The number of ether oxygens (including phenoxy) is 1. The Morgan fingerprint density at radius 1 is 1.29 bits per heavy atom. The Morgan fingerprint density at radius 2 is 2.00 bits per heavy atom. The molecular formula is C14H23NO2. The molecule has 17 heavy (non-hydrogen) atoms. The molecule has 0 bridgehead atoms. The summed E-state index contributed by atoms with van der Waals surface area (Å²) in [4.78, 5) is 0. The average Bonchev–Trinajstić information content (AvgIpc) is 2.38. The van der Waals surface area contributed by atoms with Crippen LogP contribution in [0.4, 0.5) is 0 Å². The van der Waals surface area contributed by atoms with Gasteiger partial charge in [-0.25, -0.2) is 0 Å². The fraction of sp³-hybridized carbons (Fsp3) is 0.571. The van der Waals surface area contributed by atoms with Crippen LogP contribution >= 0.6 is 0 Å². The zero-order chi connectivity index (χ0) is 12.5. The quantitative estimate of drug-likeness (QED) is 0.727. The first kappa shape index (κ1) is 14.2. The molecule has 1 aromatic carbocycles. The van der Waals surface area contributed by atoms with Gasteiger partial charge in [0.25, 0.3) is 0 Å². The summed E-state index contributed by atoms with van der Waals surface area (Å²) < 4.78 is 5.18. The van der Waals surface area contributed by atoms with Crippen molar-refractivity contribution in [2.45, 2.75) is 31.8 Å². The number of rotatable bonds is 8. The molecule has 0 fully saturated rings. The lowest BCUT2D eigenvalue weighted by Crippen LogP contribution is -2.36. The third-order valence-electron chi connectivity index (χ3n) is 2.92. The van der Waals surface area contributed by atoms with Crippen molar-refractivity contribution >= 4 is 0 Å². The van der Waals surface area contributed by atoms with Crippen molar-refractivity contribution in [3.05, 3.63) is 35.9 Å². The maximum atomic E-state index is 9.14. The van der Waals surface area contributed by atoms with Gasteiger partial charge in [0.2, 0.25) is 0 Å². The molecule has 1 aromatic rings. The van der Waals surface area contributed by atoms with Crippen LogP contribution in [-0.2, 0) is 4.74 Å². The van der Waals surface area contributed by atoms with E-state index in [4.69, 9.17) is 9.84 Å². The van der Waals surface area contributed by atoms with Crippen molar-refractivity contribution in [2.24, 2.45) is 0 Å². The number of hydrogen-bond donors (Lipinski definition) is 2. The van der Waals surface area contributed by atoms with Gasteiger partial charge in [-0.1, -0.05) is 37.3 Å². The topological polar surface area (TPSA) is 41.5 Å². The predicted molar refractivity (Wildman–Crippen MR) is 70.0 cm³/mol. The molecule has 0 aliphatic carbocycles. The molecule has 3 nitrogen and oxygen atoms in total. The van der Waals surface area contributed by atoms with Crippen molar-refractivity contribution in [2.75, 3.05) is 20.3 Å². The van der Waals surface area contributed by atoms with Crippen molar-refractivity contribution in [3.63, 3.8) is 0 Å². The highest BCUT2D eigenvalue weighted by Gasteiger charge is 2.15. The van der Waals surface area contributed by atoms with E-state index in [9.17, 15) is 0 Å². The van der Waals surface area contributed by atoms with E-state index in [0.717, 1.165) is 12.8 Å². The van der Waals surface area contributed by atoms with Crippen LogP contribution in [0.5, 0.6) is 0 Å². The molecule has 0 saturated heterocycles. The summed E-state index contributed by atoms with van der Waals surface area (Å²) in [5, 5.41) is 12.7. The molecule has 0 amide bonds. The van der Waals surface area contributed by atoms with Gasteiger partial charge in [-0.2, -0.15) is 0 Å². The molecule has 96 valence electrons. The molecule has 3 heteroatoms. The summed E-state index contributed by atoms with van der Waals surface area (Å²) in [6.07, 6.45) is 1.74. The summed E-state index contributed by atoms with van der Waals surface area (Å²) in [7, 11) is 1.72. The molecule has 0 aromatic heterocycles. The van der Waals surface area contributed by atoms with Gasteiger partial charge in [-0.05, 0) is 18.4 Å². The number of hydrogen-bond acceptors (Lipinski definition) is 3. The lowest BCUT2D eigenvalue weighted by Gasteiger charge is -2.24. The maximum Gasteiger partial charge on any atom is 0.0615 e. The minimum absolute atomic E-state index is 0.190. The summed E-state index contributed by atoms with van der Waals surface area (Å²) in [5.74, 6) is 0. The van der Waals surface area contributed by atoms with Crippen LogP contribution in [0.1, 0.15) is 31.4 Å². The van der Waals surface area contributed by atoms with Crippen LogP contribution in [-0.4, -0.2) is 31.5 Å². The highest BCUT2D eigenvalue weighted by Crippen LogP contribution is 2.17. The zero-order valence-corrected chi connectivity index (χ0v) is 10.7. The highest BCUT2D eigenvalue weighted by atomic mass is 16.5. The van der Waals surface area contributed by atoms with Crippen molar-refractivity contribution in [3.8, 4) is 0 Å². The SMILES string of the molecule is CCC(COC)N[C@H](CCO)c1ccccc1. The normalized spacial score (nSPS) is 14.5. The summed E-state index contributed by atoms with van der Waals surface area (Å²) in [6, 6.07) is 10.8. The number of benzene rings is 1. The average molecular weight is 237 g/mol. The second-order valence-electron chi connectivity index (χ2n) is 4.20. The van der Waals surface area contributed by atoms with E-state index in [1.807, 2.05) is 18.2 Å². The molecule has 1 unspecified atom stereocenters. The number of aliphatic hydroxyl groups is 1. The standard InChI is InChI=1S/C14H23NO2/c1-3-13(11-17-2)15-14(9-10-16)12-7-5-4-6-8-12/h4-8,13-16H,3,9-11H2,1-2H3/t13?,14-/m1/s1. The van der Waals surface area contributed by atoms with E-state index in [-0.39, 0.29) is 12.6 Å². The van der Waals surface area contributed by atoms with Crippen LogP contribution < -0.4 is 5.32 Å². The molecular weight excluding hydrogens is 214 g/mol. The summed E-state index contributed by atoms with van der Waals surface area (Å²) in [5.41, 5.74) is 1.22. The number of methoxy groups -OCH3 is 1. The number of aliphatic hydroxyl groups excluding tert-OH is 1. The first-order valence-electron chi connectivity index (χ1n) is 6.22. The molecule has 0 radical (unpaired) electrons. The van der Waals surface area contributed by atoms with E-state index >= 15 is 0 Å². The third-order valence-corrected chi connectivity index (χ3v) is 2.92. The Kier molecular flexibility index (Phi) is 6.86. The van der Waals surface area contributed by atoms with E-state index in [2.05, 4.69) is 24.4 Å². The Labute approximate surface area is 104 Å². The van der Waals surface area contributed by atoms with Crippen LogP contribution in [0.2, 0.25) is 0 Å². The first-order chi connectivity index (χ1) is 8.31. The fourth-order valence-electron chi connectivity index (χ4n) is 1.93. The van der Waals surface area contributed by atoms with Crippen molar-refractivity contribution in [1.29, 1.82) is 0 Å². The summed E-state index contributed by atoms with van der Waals surface area (Å²) >= 11 is 0. The molecule has 1 rings (SSSR count). The van der Waals surface area contributed by atoms with E-state index in [1.54, 1.807) is 7.11 Å². The van der Waals surface area contributed by atoms with Gasteiger partial charge in [0.05, 0.1) is 6.61 Å². The Morgan fingerprint density at radius 3 is 2.53 bits per heavy atom. The van der Waals surface area contributed by atoms with Crippen LogP contribution in [0.25, 0.3) is 0 Å². The smallest absolute Gasteiger partial charge is 0.0615 e. The van der Waals surface area contributed by atoms with Gasteiger partial charge < -0.3 is 15.2 Å². The van der Waals surface area contributed by atoms with Gasteiger partial charge in [-0.3, -0.25) is 0 Å². The molecule has 0 aliphatic rings. The lowest BCUT2D eigenvalue weighted by molar-refractivity contribution is 0.153. The molecule has 0 aliphatic heterocycles. The maximum absolute atomic E-state index is 9.14. The molecule has 0 heterocycles. The fourth-order valence-corrected chi connectivity index (χ4v) is 1.93. The minimum Gasteiger partial charge on any atom is -0.396 e. The number of nitrogens with one attached hydrogen (secondary N) is 1. The second-order valence-corrected chi connectivity index (χ2v) is 4.20.